The lowest BCUT2D eigenvalue weighted by molar-refractivity contribution is -0.137. The Kier molecular flexibility index (Phi) is 6.49. The Hall–Kier alpha value is -1.26. The van der Waals surface area contributed by atoms with E-state index in [-0.39, 0.29) is 19.0 Å². The minimum absolute atomic E-state index is 0.0110. The van der Waals surface area contributed by atoms with Crippen molar-refractivity contribution in [2.24, 2.45) is 5.92 Å². The second-order valence-corrected chi connectivity index (χ2v) is 3.80. The van der Waals surface area contributed by atoms with Crippen LogP contribution in [0.1, 0.15) is 27.2 Å². The fraction of sp³-hybridized carbons (Fsp3) is 0.800. The van der Waals surface area contributed by atoms with Crippen LogP contribution in [0.5, 0.6) is 0 Å². The quantitative estimate of drug-likeness (QED) is 0.699. The second-order valence-electron chi connectivity index (χ2n) is 3.80. The number of hydrogen-bond acceptors (Lipinski definition) is 2. The summed E-state index contributed by atoms with van der Waals surface area (Å²) in [5.74, 6) is -0.489. The zero-order chi connectivity index (χ0) is 11.8. The first-order valence-electron chi connectivity index (χ1n) is 5.22. The number of aliphatic carboxylic acids is 1. The normalized spacial score (nSPS) is 10.1. The lowest BCUT2D eigenvalue weighted by atomic mass is 10.2. The van der Waals surface area contributed by atoms with Crippen molar-refractivity contribution in [2.45, 2.75) is 27.2 Å². The molecule has 0 unspecified atom stereocenters. The van der Waals surface area contributed by atoms with Gasteiger partial charge < -0.3 is 15.3 Å². The van der Waals surface area contributed by atoms with Crippen molar-refractivity contribution in [1.82, 2.24) is 10.2 Å². The molecule has 5 heteroatoms. The molecule has 0 atom stereocenters. The number of nitrogens with zero attached hydrogens (tertiary/aromatic N) is 1. The molecule has 0 spiro atoms. The largest absolute Gasteiger partial charge is 0.481 e. The predicted octanol–water partition coefficient (Wildman–Crippen LogP) is 1.15. The summed E-state index contributed by atoms with van der Waals surface area (Å²) in [6, 6.07) is -0.188. The number of carbonyl (C=O) groups excluding carboxylic acids is 1. The number of nitrogens with one attached hydrogen (secondary N) is 1. The van der Waals surface area contributed by atoms with E-state index in [1.807, 2.05) is 20.8 Å². The molecule has 15 heavy (non-hydrogen) atoms. The summed E-state index contributed by atoms with van der Waals surface area (Å²) in [6.07, 6.45) is -0.0110. The van der Waals surface area contributed by atoms with Gasteiger partial charge in [0.25, 0.3) is 0 Å². The van der Waals surface area contributed by atoms with E-state index in [0.717, 1.165) is 0 Å². The van der Waals surface area contributed by atoms with Gasteiger partial charge in [-0.3, -0.25) is 4.79 Å². The molecule has 88 valence electrons. The van der Waals surface area contributed by atoms with Crippen LogP contribution in [0, 0.1) is 5.92 Å². The van der Waals surface area contributed by atoms with Crippen molar-refractivity contribution in [2.75, 3.05) is 19.6 Å². The van der Waals surface area contributed by atoms with Gasteiger partial charge in [-0.1, -0.05) is 13.8 Å². The number of urea groups is 1. The summed E-state index contributed by atoms with van der Waals surface area (Å²) in [6.45, 7) is 7.24. The van der Waals surface area contributed by atoms with E-state index in [0.29, 0.717) is 19.0 Å². The Bertz CT molecular complexity index is 217. The van der Waals surface area contributed by atoms with E-state index in [9.17, 15) is 9.59 Å². The van der Waals surface area contributed by atoms with Gasteiger partial charge in [0.05, 0.1) is 6.42 Å². The highest BCUT2D eigenvalue weighted by Gasteiger charge is 2.12. The average molecular weight is 216 g/mol. The summed E-state index contributed by atoms with van der Waals surface area (Å²) >= 11 is 0. The fourth-order valence-corrected chi connectivity index (χ4v) is 1.04. The smallest absolute Gasteiger partial charge is 0.317 e. The highest BCUT2D eigenvalue weighted by molar-refractivity contribution is 5.75. The van der Waals surface area contributed by atoms with Crippen molar-refractivity contribution < 1.29 is 14.7 Å². The number of carbonyl (C=O) groups is 2. The summed E-state index contributed by atoms with van der Waals surface area (Å²) < 4.78 is 0. The topological polar surface area (TPSA) is 69.6 Å². The highest BCUT2D eigenvalue weighted by Crippen LogP contribution is 1.94. The van der Waals surface area contributed by atoms with Crippen LogP contribution < -0.4 is 5.32 Å². The molecule has 0 saturated carbocycles. The van der Waals surface area contributed by atoms with Crippen LogP contribution in [-0.4, -0.2) is 41.6 Å². The number of rotatable bonds is 6. The maximum absolute atomic E-state index is 11.5. The third kappa shape index (κ3) is 6.76. The van der Waals surface area contributed by atoms with Gasteiger partial charge in [-0.15, -0.1) is 0 Å². The third-order valence-electron chi connectivity index (χ3n) is 1.93. The lowest BCUT2D eigenvalue weighted by Gasteiger charge is -2.21. The molecule has 2 amide bonds. The molecule has 0 heterocycles. The van der Waals surface area contributed by atoms with E-state index >= 15 is 0 Å². The fourth-order valence-electron chi connectivity index (χ4n) is 1.04. The Morgan fingerprint density at radius 2 is 2.00 bits per heavy atom. The highest BCUT2D eigenvalue weighted by atomic mass is 16.4. The average Bonchev–Trinajstić information content (AvgIpc) is 2.15. The van der Waals surface area contributed by atoms with Crippen LogP contribution in [-0.2, 0) is 4.79 Å². The van der Waals surface area contributed by atoms with E-state index in [1.165, 1.54) is 4.90 Å². The number of amides is 2. The molecule has 5 nitrogen and oxygen atoms in total. The van der Waals surface area contributed by atoms with Gasteiger partial charge in [0.15, 0.2) is 0 Å². The van der Waals surface area contributed by atoms with Gasteiger partial charge in [0.2, 0.25) is 0 Å². The van der Waals surface area contributed by atoms with Gasteiger partial charge in [-0.05, 0) is 12.8 Å². The third-order valence-corrected chi connectivity index (χ3v) is 1.93. The van der Waals surface area contributed by atoms with Crippen LogP contribution in [0.2, 0.25) is 0 Å². The minimum atomic E-state index is -0.884. The van der Waals surface area contributed by atoms with Gasteiger partial charge in [0.1, 0.15) is 0 Å². The van der Waals surface area contributed by atoms with Gasteiger partial charge in [-0.2, -0.15) is 0 Å². The van der Waals surface area contributed by atoms with Crippen molar-refractivity contribution >= 4 is 12.0 Å². The van der Waals surface area contributed by atoms with Crippen LogP contribution in [0.4, 0.5) is 4.79 Å². The summed E-state index contributed by atoms with van der Waals surface area (Å²) in [5, 5.41) is 11.3. The van der Waals surface area contributed by atoms with Crippen LogP contribution in [0.15, 0.2) is 0 Å². The van der Waals surface area contributed by atoms with Crippen LogP contribution in [0.25, 0.3) is 0 Å². The van der Waals surface area contributed by atoms with Crippen LogP contribution in [0.3, 0.4) is 0 Å². The molecule has 0 aliphatic carbocycles. The van der Waals surface area contributed by atoms with Crippen LogP contribution >= 0.6 is 0 Å². The molecular weight excluding hydrogens is 196 g/mol. The monoisotopic (exact) mass is 216 g/mol. The van der Waals surface area contributed by atoms with Gasteiger partial charge in [-0.25, -0.2) is 4.79 Å². The maximum atomic E-state index is 11.5. The predicted molar refractivity (Wildman–Crippen MR) is 57.7 cm³/mol. The van der Waals surface area contributed by atoms with Gasteiger partial charge in [0, 0.05) is 19.6 Å². The minimum Gasteiger partial charge on any atom is -0.481 e. The standard InChI is InChI=1S/C10H20N2O3/c1-4-12(6-5-9(13)14)10(15)11-7-8(2)3/h8H,4-7H2,1-3H3,(H,11,15)(H,13,14). The number of hydrogen-bond donors (Lipinski definition) is 2. The Labute approximate surface area is 90.5 Å². The zero-order valence-electron chi connectivity index (χ0n) is 9.62. The summed E-state index contributed by atoms with van der Waals surface area (Å²) in [5.41, 5.74) is 0. The molecule has 0 aliphatic heterocycles. The number of carboxylic acid groups (broad SMARTS) is 1. The van der Waals surface area contributed by atoms with E-state index in [4.69, 9.17) is 5.11 Å². The van der Waals surface area contributed by atoms with E-state index in [1.54, 1.807) is 0 Å². The molecule has 0 fully saturated rings. The molecule has 0 bridgehead atoms. The molecule has 0 aromatic rings. The second kappa shape index (κ2) is 7.09. The molecule has 0 saturated heterocycles. The first kappa shape index (κ1) is 13.7. The lowest BCUT2D eigenvalue weighted by Crippen LogP contribution is -2.42. The van der Waals surface area contributed by atoms with E-state index < -0.39 is 5.97 Å². The summed E-state index contributed by atoms with van der Waals surface area (Å²) in [4.78, 5) is 23.4. The molecule has 0 aliphatic rings. The van der Waals surface area contributed by atoms with Crippen molar-refractivity contribution in [1.29, 1.82) is 0 Å². The molecule has 2 N–H and O–H groups in total. The SMILES string of the molecule is CCN(CCC(=O)O)C(=O)NCC(C)C. The molecular formula is C10H20N2O3. The zero-order valence-corrected chi connectivity index (χ0v) is 9.62. The number of carboxylic acids is 1. The van der Waals surface area contributed by atoms with Crippen molar-refractivity contribution in [3.63, 3.8) is 0 Å². The first-order chi connectivity index (χ1) is 6.97. The molecule has 0 rings (SSSR count). The Balaban J connectivity index is 3.93. The van der Waals surface area contributed by atoms with Gasteiger partial charge >= 0.3 is 12.0 Å². The molecule has 0 radical (unpaired) electrons. The summed E-state index contributed by atoms with van der Waals surface area (Å²) in [7, 11) is 0. The maximum Gasteiger partial charge on any atom is 0.317 e. The molecule has 0 aromatic heterocycles. The van der Waals surface area contributed by atoms with Crippen molar-refractivity contribution in [3.05, 3.63) is 0 Å². The molecule has 0 aromatic carbocycles. The first-order valence-corrected chi connectivity index (χ1v) is 5.22. The van der Waals surface area contributed by atoms with E-state index in [2.05, 4.69) is 5.32 Å². The Morgan fingerprint density at radius 3 is 2.40 bits per heavy atom. The van der Waals surface area contributed by atoms with Crippen molar-refractivity contribution in [3.8, 4) is 0 Å². The Morgan fingerprint density at radius 1 is 1.40 bits per heavy atom.